The lowest BCUT2D eigenvalue weighted by Gasteiger charge is -2.07. The van der Waals surface area contributed by atoms with E-state index >= 15 is 0 Å². The fourth-order valence-corrected chi connectivity index (χ4v) is 1.87. The van der Waals surface area contributed by atoms with Crippen LogP contribution >= 0.6 is 11.8 Å². The third-order valence-electron chi connectivity index (χ3n) is 2.08. The molecule has 0 saturated carbocycles. The summed E-state index contributed by atoms with van der Waals surface area (Å²) in [5, 5.41) is 3.20. The topological polar surface area (TPSA) is 21.3 Å². The fraction of sp³-hybridized carbons (Fsp3) is 0.500. The highest BCUT2D eigenvalue weighted by Gasteiger charge is 2.27. The Morgan fingerprint density at radius 1 is 1.22 bits per heavy atom. The van der Waals surface area contributed by atoms with Crippen molar-refractivity contribution in [2.24, 2.45) is 0 Å². The second-order valence-electron chi connectivity index (χ2n) is 3.65. The van der Waals surface area contributed by atoms with Crippen LogP contribution in [0.1, 0.15) is 12.5 Å². The first-order valence-electron chi connectivity index (χ1n) is 5.58. The van der Waals surface area contributed by atoms with E-state index in [0.717, 1.165) is 23.5 Å². The number of alkyl halides is 3. The summed E-state index contributed by atoms with van der Waals surface area (Å²) < 4.78 is 40.0. The molecule has 2 nitrogen and oxygen atoms in total. The van der Waals surface area contributed by atoms with E-state index in [1.807, 2.05) is 31.2 Å². The first-order valence-corrected chi connectivity index (χ1v) is 6.57. The molecule has 0 aliphatic rings. The monoisotopic (exact) mass is 279 g/mol. The number of hydrogen-bond donors (Lipinski definition) is 1. The third-order valence-corrected chi connectivity index (χ3v) is 2.97. The lowest BCUT2D eigenvalue weighted by Crippen LogP contribution is -2.16. The van der Waals surface area contributed by atoms with E-state index < -0.39 is 12.8 Å². The van der Waals surface area contributed by atoms with E-state index in [-0.39, 0.29) is 5.94 Å². The molecule has 0 unspecified atom stereocenters. The van der Waals surface area contributed by atoms with Crippen LogP contribution in [0.5, 0.6) is 0 Å². The molecule has 0 spiro atoms. The number of thioether (sulfide) groups is 1. The average Bonchev–Trinajstić information content (AvgIpc) is 2.32. The highest BCUT2D eigenvalue weighted by atomic mass is 32.2. The molecule has 0 saturated heterocycles. The SMILES string of the molecule is CCNCc1ccc(SCOCC(F)(F)F)cc1. The highest BCUT2D eigenvalue weighted by Crippen LogP contribution is 2.20. The number of hydrogen-bond acceptors (Lipinski definition) is 3. The minimum absolute atomic E-state index is 0.00602. The molecule has 0 radical (unpaired) electrons. The van der Waals surface area contributed by atoms with Crippen LogP contribution in [0.15, 0.2) is 29.2 Å². The Hall–Kier alpha value is -0.720. The van der Waals surface area contributed by atoms with E-state index in [9.17, 15) is 13.2 Å². The summed E-state index contributed by atoms with van der Waals surface area (Å²) in [7, 11) is 0. The van der Waals surface area contributed by atoms with Crippen LogP contribution in [-0.2, 0) is 11.3 Å². The van der Waals surface area contributed by atoms with Gasteiger partial charge in [-0.3, -0.25) is 0 Å². The standard InChI is InChI=1S/C12H16F3NOS/c1-2-16-7-10-3-5-11(6-4-10)18-9-17-8-12(13,14)15/h3-6,16H,2,7-9H2,1H3. The van der Waals surface area contributed by atoms with Gasteiger partial charge in [-0.15, -0.1) is 0 Å². The number of benzene rings is 1. The van der Waals surface area contributed by atoms with Gasteiger partial charge in [0.15, 0.2) is 0 Å². The molecule has 0 amide bonds. The van der Waals surface area contributed by atoms with E-state index in [1.54, 1.807) is 0 Å². The summed E-state index contributed by atoms with van der Waals surface area (Å²) in [6.45, 7) is 2.54. The average molecular weight is 279 g/mol. The maximum absolute atomic E-state index is 11.8. The summed E-state index contributed by atoms with van der Waals surface area (Å²) in [6, 6.07) is 7.67. The second kappa shape index (κ2) is 7.66. The van der Waals surface area contributed by atoms with E-state index in [2.05, 4.69) is 10.1 Å². The van der Waals surface area contributed by atoms with Crippen molar-refractivity contribution in [3.8, 4) is 0 Å². The van der Waals surface area contributed by atoms with Gasteiger partial charge in [-0.25, -0.2) is 0 Å². The van der Waals surface area contributed by atoms with Crippen LogP contribution in [0.3, 0.4) is 0 Å². The third kappa shape index (κ3) is 6.88. The number of ether oxygens (including phenoxy) is 1. The molecule has 0 aliphatic heterocycles. The van der Waals surface area contributed by atoms with Gasteiger partial charge in [0.2, 0.25) is 0 Å². The summed E-state index contributed by atoms with van der Waals surface area (Å²) in [6.07, 6.45) is -4.25. The van der Waals surface area contributed by atoms with Gasteiger partial charge in [-0.05, 0) is 24.2 Å². The van der Waals surface area contributed by atoms with Crippen molar-refractivity contribution in [3.63, 3.8) is 0 Å². The highest BCUT2D eigenvalue weighted by molar-refractivity contribution is 7.99. The summed E-state index contributed by atoms with van der Waals surface area (Å²) >= 11 is 1.25. The van der Waals surface area contributed by atoms with Crippen LogP contribution in [0, 0.1) is 0 Å². The van der Waals surface area contributed by atoms with Crippen LogP contribution in [0.25, 0.3) is 0 Å². The van der Waals surface area contributed by atoms with Crippen LogP contribution < -0.4 is 5.32 Å². The predicted molar refractivity (Wildman–Crippen MR) is 66.6 cm³/mol. The molecular formula is C12H16F3NOS. The number of nitrogens with one attached hydrogen (secondary N) is 1. The van der Waals surface area contributed by atoms with Crippen molar-refractivity contribution in [2.45, 2.75) is 24.5 Å². The molecular weight excluding hydrogens is 263 g/mol. The van der Waals surface area contributed by atoms with Crippen molar-refractivity contribution in [2.75, 3.05) is 19.1 Å². The molecule has 1 N–H and O–H groups in total. The van der Waals surface area contributed by atoms with E-state index in [4.69, 9.17) is 0 Å². The van der Waals surface area contributed by atoms with Crippen molar-refractivity contribution < 1.29 is 17.9 Å². The Bertz CT molecular complexity index is 340. The summed E-state index contributed by atoms with van der Waals surface area (Å²) in [5.74, 6) is 0.00602. The fourth-order valence-electron chi connectivity index (χ4n) is 1.24. The van der Waals surface area contributed by atoms with Crippen molar-refractivity contribution in [1.82, 2.24) is 5.32 Å². The van der Waals surface area contributed by atoms with Crippen LogP contribution in [-0.4, -0.2) is 25.3 Å². The Morgan fingerprint density at radius 3 is 2.44 bits per heavy atom. The molecule has 0 heterocycles. The van der Waals surface area contributed by atoms with E-state index in [1.165, 1.54) is 11.8 Å². The second-order valence-corrected chi connectivity index (χ2v) is 4.65. The maximum atomic E-state index is 11.8. The van der Waals surface area contributed by atoms with Gasteiger partial charge < -0.3 is 10.1 Å². The van der Waals surface area contributed by atoms with Gasteiger partial charge in [0.1, 0.15) is 6.61 Å². The maximum Gasteiger partial charge on any atom is 0.411 e. The first kappa shape index (κ1) is 15.3. The molecule has 0 aromatic heterocycles. The summed E-state index contributed by atoms with van der Waals surface area (Å²) in [5.41, 5.74) is 1.15. The summed E-state index contributed by atoms with van der Waals surface area (Å²) in [4.78, 5) is 0.900. The molecule has 0 atom stereocenters. The predicted octanol–water partition coefficient (Wildman–Crippen LogP) is 3.42. The Labute approximate surface area is 109 Å². The molecule has 0 aliphatic carbocycles. The zero-order valence-electron chi connectivity index (χ0n) is 10.1. The number of rotatable bonds is 7. The lowest BCUT2D eigenvalue weighted by atomic mass is 10.2. The van der Waals surface area contributed by atoms with Gasteiger partial charge in [0, 0.05) is 11.4 Å². The van der Waals surface area contributed by atoms with Crippen molar-refractivity contribution in [1.29, 1.82) is 0 Å². The molecule has 1 aromatic carbocycles. The molecule has 0 fully saturated rings. The normalized spacial score (nSPS) is 11.8. The Kier molecular flexibility index (Phi) is 6.52. The minimum Gasteiger partial charge on any atom is -0.361 e. The number of halogens is 3. The molecule has 102 valence electrons. The Balaban J connectivity index is 2.26. The minimum atomic E-state index is -4.25. The molecule has 18 heavy (non-hydrogen) atoms. The van der Waals surface area contributed by atoms with Crippen LogP contribution in [0.2, 0.25) is 0 Å². The zero-order valence-corrected chi connectivity index (χ0v) is 10.9. The Morgan fingerprint density at radius 2 is 1.89 bits per heavy atom. The lowest BCUT2D eigenvalue weighted by molar-refractivity contribution is -0.168. The van der Waals surface area contributed by atoms with E-state index in [0.29, 0.717) is 0 Å². The van der Waals surface area contributed by atoms with Gasteiger partial charge in [-0.1, -0.05) is 30.8 Å². The van der Waals surface area contributed by atoms with Gasteiger partial charge in [-0.2, -0.15) is 13.2 Å². The quantitative estimate of drug-likeness (QED) is 0.469. The molecule has 1 rings (SSSR count). The van der Waals surface area contributed by atoms with Crippen molar-refractivity contribution >= 4 is 11.8 Å². The molecule has 1 aromatic rings. The smallest absolute Gasteiger partial charge is 0.361 e. The first-order chi connectivity index (χ1) is 8.51. The van der Waals surface area contributed by atoms with Gasteiger partial charge >= 0.3 is 6.18 Å². The van der Waals surface area contributed by atoms with Gasteiger partial charge in [0.05, 0.1) is 5.94 Å². The zero-order chi connectivity index (χ0) is 13.4. The van der Waals surface area contributed by atoms with Crippen molar-refractivity contribution in [3.05, 3.63) is 29.8 Å². The largest absolute Gasteiger partial charge is 0.411 e. The van der Waals surface area contributed by atoms with Crippen LogP contribution in [0.4, 0.5) is 13.2 Å². The molecule has 0 bridgehead atoms. The van der Waals surface area contributed by atoms with Gasteiger partial charge in [0.25, 0.3) is 0 Å². The molecule has 6 heteroatoms.